The minimum absolute atomic E-state index is 0.105. The molecule has 1 N–H and O–H groups in total. The molecule has 6 rings (SSSR count). The highest BCUT2D eigenvalue weighted by Crippen LogP contribution is 2.46. The zero-order valence-electron chi connectivity index (χ0n) is 25.0. The number of aromatic nitrogens is 2. The van der Waals surface area contributed by atoms with Crippen molar-refractivity contribution >= 4 is 57.3 Å². The van der Waals surface area contributed by atoms with Crippen molar-refractivity contribution in [3.05, 3.63) is 87.9 Å². The number of carbonyl (C=O) groups is 2. The maximum Gasteiger partial charge on any atom is 0.301 e. The van der Waals surface area contributed by atoms with Crippen LogP contribution in [0.3, 0.4) is 0 Å². The molecule has 0 aliphatic carbocycles. The lowest BCUT2D eigenvalue weighted by atomic mass is 9.95. The Kier molecular flexibility index (Phi) is 9.67. The highest BCUT2D eigenvalue weighted by Gasteiger charge is 2.48. The quantitative estimate of drug-likeness (QED) is 0.0579. The second kappa shape index (κ2) is 14.0. The smallest absolute Gasteiger partial charge is 0.301 e. The number of Topliss-reactive ketones (excluding diaryl/α,β-unsaturated/α-hetero) is 1. The van der Waals surface area contributed by atoms with Gasteiger partial charge in [0.15, 0.2) is 27.3 Å². The molecule has 238 valence electrons. The first-order valence-electron chi connectivity index (χ1n) is 14.7. The number of aliphatic hydroxyl groups is 1. The van der Waals surface area contributed by atoms with Crippen molar-refractivity contribution in [3.8, 4) is 23.0 Å². The number of fused-ring (bicyclic) bond motifs is 1. The van der Waals surface area contributed by atoms with Gasteiger partial charge in [0.1, 0.15) is 19.0 Å². The number of hydrogen-bond acceptors (Lipinski definition) is 11. The molecule has 1 aromatic heterocycles. The van der Waals surface area contributed by atoms with Gasteiger partial charge in [0, 0.05) is 16.3 Å². The number of rotatable bonds is 11. The molecule has 2 aliphatic heterocycles. The van der Waals surface area contributed by atoms with E-state index in [1.54, 1.807) is 36.4 Å². The minimum atomic E-state index is -1.04. The van der Waals surface area contributed by atoms with Crippen LogP contribution < -0.4 is 23.8 Å². The van der Waals surface area contributed by atoms with E-state index in [2.05, 4.69) is 10.2 Å². The first-order valence-corrected chi connectivity index (χ1v) is 16.9. The molecule has 1 atom stereocenters. The molecule has 0 radical (unpaired) electrons. The topological polar surface area (TPSA) is 120 Å². The summed E-state index contributed by atoms with van der Waals surface area (Å²) >= 11 is 8.92. The van der Waals surface area contributed by atoms with Gasteiger partial charge in [-0.3, -0.25) is 14.5 Å². The van der Waals surface area contributed by atoms with Crippen LogP contribution in [-0.4, -0.2) is 53.4 Å². The second-order valence-corrected chi connectivity index (χ2v) is 12.8. The molecule has 1 saturated heterocycles. The normalized spacial score (nSPS) is 16.9. The molecule has 0 saturated carbocycles. The number of hydrogen-bond donors (Lipinski definition) is 1. The molecule has 0 bridgehead atoms. The molecule has 10 nitrogen and oxygen atoms in total. The van der Waals surface area contributed by atoms with Crippen molar-refractivity contribution in [1.29, 1.82) is 0 Å². The van der Waals surface area contributed by atoms with E-state index in [9.17, 15) is 14.7 Å². The third kappa shape index (κ3) is 6.37. The number of amides is 1. The summed E-state index contributed by atoms with van der Waals surface area (Å²) in [4.78, 5) is 28.8. The van der Waals surface area contributed by atoms with Gasteiger partial charge in [0.25, 0.3) is 5.78 Å². The van der Waals surface area contributed by atoms with E-state index >= 15 is 0 Å². The van der Waals surface area contributed by atoms with E-state index in [1.807, 2.05) is 38.1 Å². The number of ketones is 1. The maximum atomic E-state index is 13.8. The first-order chi connectivity index (χ1) is 22.4. The first kappa shape index (κ1) is 31.7. The molecule has 1 unspecified atom stereocenters. The van der Waals surface area contributed by atoms with E-state index in [4.69, 9.17) is 30.5 Å². The predicted molar refractivity (Wildman–Crippen MR) is 177 cm³/mol. The lowest BCUT2D eigenvalue weighted by Gasteiger charge is -2.24. The van der Waals surface area contributed by atoms with Crippen molar-refractivity contribution in [1.82, 2.24) is 10.2 Å². The molecular weight excluding hydrogens is 650 g/mol. The Bertz CT molecular complexity index is 1810. The van der Waals surface area contributed by atoms with Crippen LogP contribution >= 0.6 is 34.7 Å². The minimum Gasteiger partial charge on any atom is -0.507 e. The standard InChI is InChI=1S/C33H30ClN3O7S2/c1-3-13-42-23-11-9-19(16-25(23)41-4-2)28-27(29(38)20-10-12-24-26(17-20)44-15-14-43-24)30(39)31(40)37(28)32-35-36-33(46-32)45-18-21-7-5-6-8-22(21)34/h5-12,16-17,28,38H,3-4,13-15,18H2,1-2H3/b29-27-. The fourth-order valence-electron chi connectivity index (χ4n) is 5.10. The fourth-order valence-corrected chi connectivity index (χ4v) is 7.25. The summed E-state index contributed by atoms with van der Waals surface area (Å²) in [6.07, 6.45) is 0.802. The van der Waals surface area contributed by atoms with E-state index in [0.717, 1.165) is 12.0 Å². The molecule has 3 heterocycles. The summed E-state index contributed by atoms with van der Waals surface area (Å²) in [7, 11) is 0. The molecule has 13 heteroatoms. The summed E-state index contributed by atoms with van der Waals surface area (Å²) in [5.74, 6) is 0.426. The van der Waals surface area contributed by atoms with Crippen molar-refractivity contribution in [3.63, 3.8) is 0 Å². The van der Waals surface area contributed by atoms with Gasteiger partial charge in [-0.2, -0.15) is 0 Å². The van der Waals surface area contributed by atoms with Gasteiger partial charge >= 0.3 is 5.91 Å². The molecule has 3 aromatic carbocycles. The number of anilines is 1. The third-order valence-electron chi connectivity index (χ3n) is 7.22. The van der Waals surface area contributed by atoms with Crippen LogP contribution in [0.2, 0.25) is 5.02 Å². The lowest BCUT2D eigenvalue weighted by Crippen LogP contribution is -2.29. The predicted octanol–water partition coefficient (Wildman–Crippen LogP) is 7.07. The van der Waals surface area contributed by atoms with E-state index < -0.39 is 17.7 Å². The number of ether oxygens (including phenoxy) is 4. The van der Waals surface area contributed by atoms with Gasteiger partial charge in [0.2, 0.25) is 5.13 Å². The molecule has 1 amide bonds. The van der Waals surface area contributed by atoms with E-state index in [-0.39, 0.29) is 16.5 Å². The fraction of sp³-hybridized carbons (Fsp3) is 0.273. The molecule has 0 spiro atoms. The van der Waals surface area contributed by atoms with E-state index in [1.165, 1.54) is 28.0 Å². The molecular formula is C33H30ClN3O7S2. The zero-order valence-corrected chi connectivity index (χ0v) is 27.4. The number of carbonyl (C=O) groups excluding carboxylic acids is 2. The molecule has 46 heavy (non-hydrogen) atoms. The van der Waals surface area contributed by atoms with Crippen LogP contribution in [0.4, 0.5) is 5.13 Å². The Morgan fingerprint density at radius 3 is 2.61 bits per heavy atom. The average Bonchev–Trinajstić information content (AvgIpc) is 3.64. The van der Waals surface area contributed by atoms with Crippen molar-refractivity contribution < 1.29 is 33.6 Å². The van der Waals surface area contributed by atoms with Gasteiger partial charge < -0.3 is 24.1 Å². The van der Waals surface area contributed by atoms with E-state index in [0.29, 0.717) is 75.7 Å². The lowest BCUT2D eigenvalue weighted by molar-refractivity contribution is -0.132. The van der Waals surface area contributed by atoms with Crippen molar-refractivity contribution in [2.24, 2.45) is 0 Å². The van der Waals surface area contributed by atoms with Crippen molar-refractivity contribution in [2.45, 2.75) is 36.4 Å². The summed E-state index contributed by atoms with van der Waals surface area (Å²) < 4.78 is 23.7. The Morgan fingerprint density at radius 1 is 1.02 bits per heavy atom. The summed E-state index contributed by atoms with van der Waals surface area (Å²) in [5.41, 5.74) is 1.64. The average molecular weight is 680 g/mol. The van der Waals surface area contributed by atoms with Gasteiger partial charge in [0.05, 0.1) is 24.8 Å². The summed E-state index contributed by atoms with van der Waals surface area (Å²) in [6, 6.07) is 16.6. The molecule has 4 aromatic rings. The van der Waals surface area contributed by atoms with Gasteiger partial charge in [-0.05, 0) is 60.9 Å². The van der Waals surface area contributed by atoms with Crippen LogP contribution in [0.1, 0.15) is 43.0 Å². The molecule has 2 aliphatic rings. The zero-order chi connectivity index (χ0) is 32.2. The number of nitrogens with zero attached hydrogens (tertiary/aromatic N) is 3. The number of thioether (sulfide) groups is 1. The summed E-state index contributed by atoms with van der Waals surface area (Å²) in [6.45, 7) is 5.47. The Hall–Kier alpha value is -4.26. The highest BCUT2D eigenvalue weighted by molar-refractivity contribution is 8.00. The van der Waals surface area contributed by atoms with Gasteiger partial charge in [-0.1, -0.05) is 65.9 Å². The maximum absolute atomic E-state index is 13.8. The van der Waals surface area contributed by atoms with Crippen LogP contribution in [0, 0.1) is 0 Å². The number of benzene rings is 3. The second-order valence-electron chi connectivity index (χ2n) is 10.2. The monoisotopic (exact) mass is 679 g/mol. The largest absolute Gasteiger partial charge is 0.507 e. The third-order valence-corrected chi connectivity index (χ3v) is 9.69. The van der Waals surface area contributed by atoms with Crippen LogP contribution in [-0.2, 0) is 15.3 Å². The summed E-state index contributed by atoms with van der Waals surface area (Å²) in [5, 5.41) is 21.1. The van der Waals surface area contributed by atoms with Gasteiger partial charge in [-0.15, -0.1) is 10.2 Å². The number of aliphatic hydroxyl groups excluding tert-OH is 1. The van der Waals surface area contributed by atoms with Crippen LogP contribution in [0.15, 0.2) is 70.6 Å². The van der Waals surface area contributed by atoms with Crippen LogP contribution in [0.25, 0.3) is 5.76 Å². The van der Waals surface area contributed by atoms with Gasteiger partial charge in [-0.25, -0.2) is 0 Å². The van der Waals surface area contributed by atoms with Crippen molar-refractivity contribution in [2.75, 3.05) is 31.3 Å². The SMILES string of the molecule is CCCOc1ccc(C2/C(=C(/O)c3ccc4c(c3)OCCO4)C(=O)C(=O)N2c2nnc(SCc3ccccc3Cl)s2)cc1OCC. The number of halogens is 1. The Balaban J connectivity index is 1.43. The molecule has 1 fully saturated rings. The Morgan fingerprint density at radius 2 is 1.83 bits per heavy atom. The Labute approximate surface area is 278 Å². The highest BCUT2D eigenvalue weighted by atomic mass is 35.5. The van der Waals surface area contributed by atoms with Crippen LogP contribution in [0.5, 0.6) is 23.0 Å².